The van der Waals surface area contributed by atoms with Crippen molar-refractivity contribution in [1.82, 2.24) is 14.8 Å². The average molecular weight is 329 g/mol. The molecule has 2 fully saturated rings. The molecular formula is C17H19N3O2S. The normalized spacial score (nSPS) is 20.9. The number of carbonyl (C=O) groups excluding carboxylic acids is 2. The Morgan fingerprint density at radius 2 is 1.91 bits per heavy atom. The fraction of sp³-hybridized carbons (Fsp3) is 0.471. The highest BCUT2D eigenvalue weighted by atomic mass is 32.1. The van der Waals surface area contributed by atoms with Gasteiger partial charge >= 0.3 is 6.03 Å². The number of para-hydroxylation sites is 1. The lowest BCUT2D eigenvalue weighted by Crippen LogP contribution is -2.49. The van der Waals surface area contributed by atoms with Crippen molar-refractivity contribution in [2.45, 2.75) is 44.2 Å². The highest BCUT2D eigenvalue weighted by Gasteiger charge is 2.55. The highest BCUT2D eigenvalue weighted by Crippen LogP contribution is 2.40. The summed E-state index contributed by atoms with van der Waals surface area (Å²) in [5.74, 6) is -0.0380. The smallest absolute Gasteiger partial charge is 0.313 e. The minimum atomic E-state index is -0.605. The molecule has 4 rings (SSSR count). The maximum atomic E-state index is 13.0. The van der Waals surface area contributed by atoms with Crippen molar-refractivity contribution in [3.05, 3.63) is 29.3 Å². The number of rotatable bonds is 2. The van der Waals surface area contributed by atoms with E-state index in [0.717, 1.165) is 47.3 Å². The molecule has 0 radical (unpaired) electrons. The molecule has 3 amide bonds. The molecule has 2 heterocycles. The Balaban J connectivity index is 1.63. The molecule has 1 aromatic heterocycles. The molecule has 0 atom stereocenters. The summed E-state index contributed by atoms with van der Waals surface area (Å²) in [6, 6.07) is 7.71. The molecule has 1 aliphatic heterocycles. The molecule has 6 heteroatoms. The molecule has 23 heavy (non-hydrogen) atoms. The number of nitrogens with zero attached hydrogens (tertiary/aromatic N) is 3. The first-order chi connectivity index (χ1) is 11.1. The molecule has 0 unspecified atom stereocenters. The van der Waals surface area contributed by atoms with E-state index in [1.807, 2.05) is 24.3 Å². The van der Waals surface area contributed by atoms with E-state index in [0.29, 0.717) is 0 Å². The molecule has 120 valence electrons. The van der Waals surface area contributed by atoms with E-state index in [-0.39, 0.29) is 18.5 Å². The quantitative estimate of drug-likeness (QED) is 0.794. The average Bonchev–Trinajstić information content (AvgIpc) is 3.06. The van der Waals surface area contributed by atoms with Crippen molar-refractivity contribution < 1.29 is 9.59 Å². The van der Waals surface area contributed by atoms with Crippen molar-refractivity contribution in [3.63, 3.8) is 0 Å². The van der Waals surface area contributed by atoms with Gasteiger partial charge in [0.15, 0.2) is 0 Å². The van der Waals surface area contributed by atoms with Crippen LogP contribution in [0.4, 0.5) is 4.79 Å². The lowest BCUT2D eigenvalue weighted by molar-refractivity contribution is -0.134. The highest BCUT2D eigenvalue weighted by molar-refractivity contribution is 7.18. The van der Waals surface area contributed by atoms with Crippen LogP contribution in [-0.4, -0.2) is 39.3 Å². The first kappa shape index (κ1) is 14.6. The van der Waals surface area contributed by atoms with Gasteiger partial charge in [0.2, 0.25) is 0 Å². The minimum absolute atomic E-state index is 0.0380. The number of amides is 3. The van der Waals surface area contributed by atoms with Gasteiger partial charge in [0.25, 0.3) is 5.91 Å². The summed E-state index contributed by atoms with van der Waals surface area (Å²) in [7, 11) is 1.77. The number of carbonyl (C=O) groups is 2. The SMILES string of the molecule is CN1C(=O)N(Cc2nc3ccccc3s2)C(=O)C12CCCCC2. The monoisotopic (exact) mass is 329 g/mol. The molecule has 0 N–H and O–H groups in total. The Morgan fingerprint density at radius 1 is 1.17 bits per heavy atom. The van der Waals surface area contributed by atoms with Crippen LogP contribution in [0.1, 0.15) is 37.1 Å². The zero-order valence-electron chi connectivity index (χ0n) is 13.1. The number of hydrogen-bond acceptors (Lipinski definition) is 4. The van der Waals surface area contributed by atoms with Gasteiger partial charge in [0.1, 0.15) is 10.5 Å². The van der Waals surface area contributed by atoms with E-state index >= 15 is 0 Å². The lowest BCUT2D eigenvalue weighted by Gasteiger charge is -2.35. The molecular weight excluding hydrogens is 310 g/mol. The van der Waals surface area contributed by atoms with E-state index in [4.69, 9.17) is 0 Å². The molecule has 1 aromatic carbocycles. The molecule has 2 aromatic rings. The first-order valence-corrected chi connectivity index (χ1v) is 8.88. The van der Waals surface area contributed by atoms with Crippen LogP contribution in [0.5, 0.6) is 0 Å². The van der Waals surface area contributed by atoms with E-state index in [2.05, 4.69) is 4.98 Å². The van der Waals surface area contributed by atoms with Crippen LogP contribution in [0.3, 0.4) is 0 Å². The zero-order valence-corrected chi connectivity index (χ0v) is 13.9. The van der Waals surface area contributed by atoms with Gasteiger partial charge in [-0.1, -0.05) is 31.4 Å². The van der Waals surface area contributed by atoms with Crippen LogP contribution in [0.2, 0.25) is 0 Å². The van der Waals surface area contributed by atoms with Crippen molar-refractivity contribution in [2.75, 3.05) is 7.05 Å². The Hall–Kier alpha value is -1.95. The maximum Gasteiger partial charge on any atom is 0.327 e. The third kappa shape index (κ3) is 2.16. The number of thiazole rings is 1. The zero-order chi connectivity index (χ0) is 16.0. The minimum Gasteiger partial charge on any atom is -0.313 e. The molecule has 2 aliphatic rings. The predicted molar refractivity (Wildman–Crippen MR) is 89.1 cm³/mol. The Kier molecular flexibility index (Phi) is 3.37. The van der Waals surface area contributed by atoms with Gasteiger partial charge in [-0.05, 0) is 25.0 Å². The van der Waals surface area contributed by atoms with Gasteiger partial charge in [-0.25, -0.2) is 9.78 Å². The van der Waals surface area contributed by atoms with Crippen molar-refractivity contribution in [3.8, 4) is 0 Å². The summed E-state index contributed by atoms with van der Waals surface area (Å²) in [5, 5.41) is 0.814. The molecule has 5 nitrogen and oxygen atoms in total. The predicted octanol–water partition coefficient (Wildman–Crippen LogP) is 3.39. The van der Waals surface area contributed by atoms with Crippen LogP contribution in [0.15, 0.2) is 24.3 Å². The third-order valence-electron chi connectivity index (χ3n) is 5.12. The van der Waals surface area contributed by atoms with Gasteiger partial charge in [0, 0.05) is 7.05 Å². The Morgan fingerprint density at radius 3 is 2.65 bits per heavy atom. The van der Waals surface area contributed by atoms with Gasteiger partial charge < -0.3 is 4.90 Å². The standard InChI is InChI=1S/C17H19N3O2S/c1-19-16(22)20(15(21)17(19)9-5-2-6-10-17)11-14-18-12-7-3-4-8-13(12)23-14/h3-4,7-8H,2,5-6,9-11H2,1H3. The number of likely N-dealkylation sites (N-methyl/N-ethyl adjacent to an activating group) is 1. The number of fused-ring (bicyclic) bond motifs is 1. The van der Waals surface area contributed by atoms with E-state index in [1.54, 1.807) is 23.3 Å². The van der Waals surface area contributed by atoms with Gasteiger partial charge in [-0.3, -0.25) is 9.69 Å². The van der Waals surface area contributed by atoms with Gasteiger partial charge in [-0.2, -0.15) is 0 Å². The molecule has 0 bridgehead atoms. The second kappa shape index (κ2) is 5.30. The summed E-state index contributed by atoms with van der Waals surface area (Å²) in [6.07, 6.45) is 4.74. The van der Waals surface area contributed by atoms with Gasteiger partial charge in [-0.15, -0.1) is 11.3 Å². The molecule has 1 saturated carbocycles. The Labute approximate surface area is 138 Å². The number of benzene rings is 1. The fourth-order valence-electron chi connectivity index (χ4n) is 3.79. The topological polar surface area (TPSA) is 53.5 Å². The summed E-state index contributed by atoms with van der Waals surface area (Å²) in [6.45, 7) is 0.281. The molecule has 1 spiro atoms. The van der Waals surface area contributed by atoms with Crippen LogP contribution in [0.25, 0.3) is 10.2 Å². The van der Waals surface area contributed by atoms with Crippen LogP contribution >= 0.6 is 11.3 Å². The maximum absolute atomic E-state index is 13.0. The van der Waals surface area contributed by atoms with E-state index in [1.165, 1.54) is 4.90 Å². The number of hydrogen-bond donors (Lipinski definition) is 0. The van der Waals surface area contributed by atoms with Crippen LogP contribution < -0.4 is 0 Å². The first-order valence-electron chi connectivity index (χ1n) is 8.06. The summed E-state index contributed by atoms with van der Waals surface area (Å²) in [5.41, 5.74) is 0.318. The van der Waals surface area contributed by atoms with E-state index in [9.17, 15) is 9.59 Å². The van der Waals surface area contributed by atoms with Crippen LogP contribution in [0, 0.1) is 0 Å². The van der Waals surface area contributed by atoms with Crippen molar-refractivity contribution in [1.29, 1.82) is 0 Å². The molecule has 1 aliphatic carbocycles. The second-order valence-electron chi connectivity index (χ2n) is 6.40. The number of aromatic nitrogens is 1. The largest absolute Gasteiger partial charge is 0.327 e. The number of imide groups is 1. The second-order valence-corrected chi connectivity index (χ2v) is 7.52. The summed E-state index contributed by atoms with van der Waals surface area (Å²) in [4.78, 5) is 33.2. The fourth-order valence-corrected chi connectivity index (χ4v) is 4.75. The van der Waals surface area contributed by atoms with Crippen molar-refractivity contribution in [2.24, 2.45) is 0 Å². The Bertz CT molecular complexity index is 746. The lowest BCUT2D eigenvalue weighted by atomic mass is 9.81. The van der Waals surface area contributed by atoms with Crippen molar-refractivity contribution >= 4 is 33.5 Å². The molecule has 1 saturated heterocycles. The van der Waals surface area contributed by atoms with Gasteiger partial charge in [0.05, 0.1) is 16.8 Å². The third-order valence-corrected chi connectivity index (χ3v) is 6.14. The van der Waals surface area contributed by atoms with E-state index < -0.39 is 5.54 Å². The summed E-state index contributed by atoms with van der Waals surface area (Å²) < 4.78 is 1.09. The number of urea groups is 1. The summed E-state index contributed by atoms with van der Waals surface area (Å²) >= 11 is 1.55. The van der Waals surface area contributed by atoms with Crippen LogP contribution in [-0.2, 0) is 11.3 Å².